The van der Waals surface area contributed by atoms with Gasteiger partial charge < -0.3 is 20.5 Å². The fourth-order valence-corrected chi connectivity index (χ4v) is 4.42. The van der Waals surface area contributed by atoms with Crippen LogP contribution >= 0.6 is 15.9 Å². The average molecular weight is 483 g/mol. The van der Waals surface area contributed by atoms with Crippen LogP contribution in [0.4, 0.5) is 5.69 Å². The maximum absolute atomic E-state index is 12.8. The third-order valence-corrected chi connectivity index (χ3v) is 5.97. The first kappa shape index (κ1) is 21.1. The van der Waals surface area contributed by atoms with Crippen LogP contribution in [0.15, 0.2) is 53.1 Å². The van der Waals surface area contributed by atoms with Gasteiger partial charge in [-0.05, 0) is 50.1 Å². The zero-order valence-electron chi connectivity index (χ0n) is 17.2. The molecule has 8 heteroatoms. The minimum atomic E-state index is -0.880. The number of fused-ring (bicyclic) bond motifs is 2. The number of para-hydroxylation sites is 1. The highest BCUT2D eigenvalue weighted by Gasteiger charge is 2.38. The molecule has 1 aliphatic rings. The zero-order valence-corrected chi connectivity index (χ0v) is 18.8. The minimum absolute atomic E-state index is 0.247. The van der Waals surface area contributed by atoms with Crippen LogP contribution in [0.25, 0.3) is 10.9 Å². The van der Waals surface area contributed by atoms with Gasteiger partial charge >= 0.3 is 11.8 Å². The summed E-state index contributed by atoms with van der Waals surface area (Å²) < 4.78 is 0.799. The van der Waals surface area contributed by atoms with Crippen LogP contribution in [0.3, 0.4) is 0 Å². The van der Waals surface area contributed by atoms with Crippen molar-refractivity contribution in [2.24, 2.45) is 0 Å². The number of H-pyrrole nitrogens is 1. The van der Waals surface area contributed by atoms with Gasteiger partial charge in [-0.3, -0.25) is 14.4 Å². The molecule has 0 fully saturated rings. The summed E-state index contributed by atoms with van der Waals surface area (Å²) in [5.74, 6) is -1.83. The second kappa shape index (κ2) is 8.55. The average Bonchev–Trinajstić information content (AvgIpc) is 3.26. The van der Waals surface area contributed by atoms with E-state index < -0.39 is 17.9 Å². The van der Waals surface area contributed by atoms with Crippen LogP contribution in [0.2, 0.25) is 0 Å². The van der Waals surface area contributed by atoms with Crippen molar-refractivity contribution in [2.75, 3.05) is 11.4 Å². The van der Waals surface area contributed by atoms with Crippen molar-refractivity contribution < 1.29 is 14.4 Å². The lowest BCUT2D eigenvalue weighted by Crippen LogP contribution is -2.47. The van der Waals surface area contributed by atoms with Gasteiger partial charge in [0.25, 0.3) is 5.91 Å². The van der Waals surface area contributed by atoms with Crippen molar-refractivity contribution in [3.8, 4) is 0 Å². The third-order valence-electron chi connectivity index (χ3n) is 5.48. The van der Waals surface area contributed by atoms with E-state index in [-0.39, 0.29) is 11.9 Å². The summed E-state index contributed by atoms with van der Waals surface area (Å²) in [5.41, 5.74) is 3.51. The maximum Gasteiger partial charge on any atom is 0.310 e. The summed E-state index contributed by atoms with van der Waals surface area (Å²) in [5, 5.41) is 6.42. The molecule has 0 radical (unpaired) electrons. The van der Waals surface area contributed by atoms with Crippen LogP contribution < -0.4 is 15.5 Å². The Balaban J connectivity index is 1.42. The zero-order chi connectivity index (χ0) is 22.1. The van der Waals surface area contributed by atoms with Crippen molar-refractivity contribution in [2.45, 2.75) is 32.4 Å². The molecule has 7 nitrogen and oxygen atoms in total. The highest BCUT2D eigenvalue weighted by Crippen LogP contribution is 2.37. The summed E-state index contributed by atoms with van der Waals surface area (Å²) in [7, 11) is 0. The molecule has 3 aromatic rings. The topological polar surface area (TPSA) is 94.3 Å². The first-order chi connectivity index (χ1) is 14.9. The molecule has 0 unspecified atom stereocenters. The summed E-state index contributed by atoms with van der Waals surface area (Å²) in [6.07, 6.45) is 2.49. The number of aromatic nitrogens is 1. The number of aromatic amines is 1. The third kappa shape index (κ3) is 4.07. The van der Waals surface area contributed by atoms with E-state index >= 15 is 0 Å². The van der Waals surface area contributed by atoms with Crippen molar-refractivity contribution in [3.05, 3.63) is 64.3 Å². The van der Waals surface area contributed by atoms with Gasteiger partial charge in [0.1, 0.15) is 6.04 Å². The van der Waals surface area contributed by atoms with Gasteiger partial charge in [-0.2, -0.15) is 0 Å². The molecule has 0 saturated heterocycles. The summed E-state index contributed by atoms with van der Waals surface area (Å²) in [6.45, 7) is 4.19. The van der Waals surface area contributed by atoms with Crippen LogP contribution in [0.5, 0.6) is 0 Å². The summed E-state index contributed by atoms with van der Waals surface area (Å²) in [4.78, 5) is 42.7. The predicted octanol–water partition coefficient (Wildman–Crippen LogP) is 3.20. The van der Waals surface area contributed by atoms with E-state index in [4.69, 9.17) is 0 Å². The molecule has 2 atom stereocenters. The highest BCUT2D eigenvalue weighted by molar-refractivity contribution is 9.10. The number of likely N-dealkylation sites (N-methyl/N-ethyl adjacent to an activating group) is 1. The number of nitrogens with one attached hydrogen (secondary N) is 3. The molecule has 2 aromatic carbocycles. The molecule has 3 amide bonds. The van der Waals surface area contributed by atoms with Gasteiger partial charge in [0.05, 0.1) is 0 Å². The van der Waals surface area contributed by atoms with E-state index in [9.17, 15) is 14.4 Å². The number of halogens is 1. The lowest BCUT2D eigenvalue weighted by Gasteiger charge is -2.17. The van der Waals surface area contributed by atoms with E-state index in [2.05, 4.69) is 31.5 Å². The highest BCUT2D eigenvalue weighted by atomic mass is 79.9. The lowest BCUT2D eigenvalue weighted by atomic mass is 10.1. The van der Waals surface area contributed by atoms with Gasteiger partial charge in [0.15, 0.2) is 0 Å². The Morgan fingerprint density at radius 2 is 1.97 bits per heavy atom. The molecule has 0 spiro atoms. The van der Waals surface area contributed by atoms with E-state index in [0.29, 0.717) is 18.5 Å². The number of hydrogen-bond donors (Lipinski definition) is 3. The second-order valence-electron chi connectivity index (χ2n) is 7.63. The Hall–Kier alpha value is -3.13. The minimum Gasteiger partial charge on any atom is -0.361 e. The molecule has 1 aliphatic heterocycles. The molecule has 4 rings (SSSR count). The molecular formula is C23H23BrN4O3. The number of rotatable bonds is 5. The smallest absolute Gasteiger partial charge is 0.310 e. The molecule has 0 bridgehead atoms. The number of anilines is 1. The van der Waals surface area contributed by atoms with E-state index in [1.807, 2.05) is 56.4 Å². The fourth-order valence-electron chi connectivity index (χ4n) is 4.04. The van der Waals surface area contributed by atoms with Crippen molar-refractivity contribution in [1.82, 2.24) is 15.6 Å². The fraction of sp³-hybridized carbons (Fsp3) is 0.261. The predicted molar refractivity (Wildman–Crippen MR) is 123 cm³/mol. The number of nitrogens with zero attached hydrogens (tertiary/aromatic N) is 1. The van der Waals surface area contributed by atoms with Gasteiger partial charge in [0.2, 0.25) is 0 Å². The number of carbonyl (C=O) groups excluding carboxylic acids is 3. The van der Waals surface area contributed by atoms with Crippen LogP contribution in [-0.4, -0.2) is 35.3 Å². The number of hydrogen-bond acceptors (Lipinski definition) is 3. The lowest BCUT2D eigenvalue weighted by molar-refractivity contribution is -0.140. The number of benzene rings is 2. The quantitative estimate of drug-likeness (QED) is 0.487. The van der Waals surface area contributed by atoms with Crippen LogP contribution in [0, 0.1) is 0 Å². The molecule has 1 aromatic heterocycles. The van der Waals surface area contributed by atoms with E-state index in [1.165, 1.54) is 0 Å². The van der Waals surface area contributed by atoms with Gasteiger partial charge in [0, 0.05) is 45.4 Å². The number of amides is 3. The largest absolute Gasteiger partial charge is 0.361 e. The number of carbonyl (C=O) groups is 3. The van der Waals surface area contributed by atoms with Gasteiger partial charge in [-0.15, -0.1) is 0 Å². The Morgan fingerprint density at radius 1 is 1.19 bits per heavy atom. The first-order valence-electron chi connectivity index (χ1n) is 10.2. The second-order valence-corrected chi connectivity index (χ2v) is 8.55. The Morgan fingerprint density at radius 3 is 2.74 bits per heavy atom. The molecule has 3 N–H and O–H groups in total. The first-order valence-corrected chi connectivity index (χ1v) is 11.0. The Bertz CT molecular complexity index is 1170. The van der Waals surface area contributed by atoms with Crippen LogP contribution in [-0.2, 0) is 20.8 Å². The Labute approximate surface area is 188 Å². The normalized spacial score (nSPS) is 16.3. The Kier molecular flexibility index (Phi) is 5.82. The molecule has 31 heavy (non-hydrogen) atoms. The van der Waals surface area contributed by atoms with Crippen molar-refractivity contribution >= 4 is 50.2 Å². The monoisotopic (exact) mass is 482 g/mol. The molecule has 2 heterocycles. The summed E-state index contributed by atoms with van der Waals surface area (Å²) >= 11 is 3.40. The van der Waals surface area contributed by atoms with E-state index in [1.54, 1.807) is 11.0 Å². The maximum atomic E-state index is 12.8. The molecular weight excluding hydrogens is 460 g/mol. The SMILES string of the molecule is CCN1C(=O)[C@@H](NC(=O)C(=O)N[C@H](C)Cc2c[nH]c3ccccc23)c2cc(Br)ccc21. The van der Waals surface area contributed by atoms with Crippen molar-refractivity contribution in [3.63, 3.8) is 0 Å². The molecule has 160 valence electrons. The van der Waals surface area contributed by atoms with Gasteiger partial charge in [-0.25, -0.2) is 0 Å². The molecule has 0 saturated carbocycles. The summed E-state index contributed by atoms with van der Waals surface area (Å²) in [6, 6.07) is 12.3. The molecule has 0 aliphatic carbocycles. The van der Waals surface area contributed by atoms with Gasteiger partial charge in [-0.1, -0.05) is 34.1 Å². The van der Waals surface area contributed by atoms with Crippen molar-refractivity contribution in [1.29, 1.82) is 0 Å². The van der Waals surface area contributed by atoms with Crippen LogP contribution in [0.1, 0.15) is 31.0 Å². The standard InChI is InChI=1S/C23H23BrN4O3/c1-3-28-19-9-8-15(24)11-17(19)20(23(28)31)27-22(30)21(29)26-13(2)10-14-12-25-18-7-5-4-6-16(14)18/h4-9,11-13,20,25H,3,10H2,1-2H3,(H,26,29)(H,27,30)/t13-,20+/m1/s1. The van der Waals surface area contributed by atoms with E-state index in [0.717, 1.165) is 26.6 Å².